The Morgan fingerprint density at radius 1 is 1.10 bits per heavy atom. The summed E-state index contributed by atoms with van der Waals surface area (Å²) in [6, 6.07) is 8.80. The summed E-state index contributed by atoms with van der Waals surface area (Å²) in [5, 5.41) is 0. The maximum absolute atomic E-state index is 13.3. The van der Waals surface area contributed by atoms with E-state index in [0.29, 0.717) is 0 Å². The lowest BCUT2D eigenvalue weighted by atomic mass is 10.2. The molecule has 0 bridgehead atoms. The molecular weight excluding hydrogens is 266 g/mol. The van der Waals surface area contributed by atoms with E-state index in [1.807, 2.05) is 0 Å². The first-order valence-electron chi connectivity index (χ1n) is 6.00. The Balaban J connectivity index is 2.34. The molecule has 0 spiro atoms. The van der Waals surface area contributed by atoms with Crippen molar-refractivity contribution in [2.24, 2.45) is 0 Å². The van der Waals surface area contributed by atoms with Crippen LogP contribution in [0.1, 0.15) is 17.3 Å². The normalized spacial score (nSPS) is 10.2. The first-order valence-corrected chi connectivity index (χ1v) is 6.00. The van der Waals surface area contributed by atoms with Crippen LogP contribution in [-0.2, 0) is 4.74 Å². The Bertz CT molecular complexity index is 626. The molecule has 2 aromatic rings. The molecular formula is C15H12F2O3. The third-order valence-electron chi connectivity index (χ3n) is 2.46. The molecule has 0 radical (unpaired) electrons. The summed E-state index contributed by atoms with van der Waals surface area (Å²) in [5.74, 6) is -1.53. The number of hydrogen-bond acceptors (Lipinski definition) is 3. The highest BCUT2D eigenvalue weighted by Crippen LogP contribution is 2.27. The summed E-state index contributed by atoms with van der Waals surface area (Å²) in [7, 11) is 0. The summed E-state index contributed by atoms with van der Waals surface area (Å²) < 4.78 is 36.6. The highest BCUT2D eigenvalue weighted by Gasteiger charge is 2.15. The lowest BCUT2D eigenvalue weighted by Gasteiger charge is -2.10. The van der Waals surface area contributed by atoms with Crippen molar-refractivity contribution in [2.75, 3.05) is 6.61 Å². The molecule has 20 heavy (non-hydrogen) atoms. The molecule has 0 saturated heterocycles. The average Bonchev–Trinajstić information content (AvgIpc) is 2.39. The number of esters is 1. The van der Waals surface area contributed by atoms with Crippen LogP contribution in [0, 0.1) is 11.6 Å². The Hall–Kier alpha value is -2.43. The lowest BCUT2D eigenvalue weighted by Crippen LogP contribution is -2.06. The molecule has 0 heterocycles. The molecule has 5 heteroatoms. The molecule has 0 amide bonds. The Morgan fingerprint density at radius 2 is 1.85 bits per heavy atom. The van der Waals surface area contributed by atoms with E-state index in [1.54, 1.807) is 6.92 Å². The molecule has 0 fully saturated rings. The van der Waals surface area contributed by atoms with Gasteiger partial charge in [0.25, 0.3) is 0 Å². The van der Waals surface area contributed by atoms with Gasteiger partial charge in [-0.1, -0.05) is 6.07 Å². The van der Waals surface area contributed by atoms with Gasteiger partial charge in [-0.3, -0.25) is 0 Å². The number of rotatable bonds is 4. The van der Waals surface area contributed by atoms with Crippen molar-refractivity contribution in [2.45, 2.75) is 6.92 Å². The van der Waals surface area contributed by atoms with E-state index in [1.165, 1.54) is 24.3 Å². The van der Waals surface area contributed by atoms with Crippen molar-refractivity contribution in [1.29, 1.82) is 0 Å². The number of hydrogen-bond donors (Lipinski definition) is 0. The Labute approximate surface area is 114 Å². The number of ether oxygens (including phenoxy) is 2. The van der Waals surface area contributed by atoms with E-state index in [9.17, 15) is 13.6 Å². The van der Waals surface area contributed by atoms with Gasteiger partial charge >= 0.3 is 5.97 Å². The van der Waals surface area contributed by atoms with E-state index >= 15 is 0 Å². The van der Waals surface area contributed by atoms with Crippen LogP contribution in [-0.4, -0.2) is 12.6 Å². The summed E-state index contributed by atoms with van der Waals surface area (Å²) in [6.45, 7) is 1.85. The zero-order chi connectivity index (χ0) is 14.5. The van der Waals surface area contributed by atoms with Gasteiger partial charge in [-0.05, 0) is 31.2 Å². The molecule has 0 N–H and O–H groups in total. The molecule has 2 aromatic carbocycles. The smallest absolute Gasteiger partial charge is 0.341 e. The van der Waals surface area contributed by atoms with Crippen LogP contribution < -0.4 is 4.74 Å². The highest BCUT2D eigenvalue weighted by atomic mass is 19.1. The van der Waals surface area contributed by atoms with E-state index in [2.05, 4.69) is 0 Å². The summed E-state index contributed by atoms with van der Waals surface area (Å²) >= 11 is 0. The molecule has 2 rings (SSSR count). The van der Waals surface area contributed by atoms with Crippen LogP contribution in [0.5, 0.6) is 11.5 Å². The van der Waals surface area contributed by atoms with Crippen molar-refractivity contribution < 1.29 is 23.0 Å². The van der Waals surface area contributed by atoms with Gasteiger partial charge in [0.15, 0.2) is 0 Å². The fourth-order valence-electron chi connectivity index (χ4n) is 1.62. The fourth-order valence-corrected chi connectivity index (χ4v) is 1.62. The van der Waals surface area contributed by atoms with E-state index in [4.69, 9.17) is 9.47 Å². The number of benzene rings is 2. The summed E-state index contributed by atoms with van der Waals surface area (Å²) in [4.78, 5) is 11.7. The second-order valence-corrected chi connectivity index (χ2v) is 3.92. The number of carbonyl (C=O) groups is 1. The minimum absolute atomic E-state index is 0.0194. The van der Waals surface area contributed by atoms with Crippen LogP contribution in [0.15, 0.2) is 42.5 Å². The second kappa shape index (κ2) is 6.14. The van der Waals surface area contributed by atoms with E-state index in [-0.39, 0.29) is 23.7 Å². The van der Waals surface area contributed by atoms with Gasteiger partial charge in [-0.15, -0.1) is 0 Å². The molecule has 3 nitrogen and oxygen atoms in total. The predicted octanol–water partition coefficient (Wildman–Crippen LogP) is 3.93. The van der Waals surface area contributed by atoms with Crippen molar-refractivity contribution >= 4 is 5.97 Å². The average molecular weight is 278 g/mol. The zero-order valence-corrected chi connectivity index (χ0v) is 10.7. The quantitative estimate of drug-likeness (QED) is 0.795. The standard InChI is InChI=1S/C15H12F2O3/c1-2-19-15(18)13-7-6-11(17)9-14(13)20-12-5-3-4-10(16)8-12/h3-9H,2H2,1H3. The van der Waals surface area contributed by atoms with E-state index in [0.717, 1.165) is 18.2 Å². The van der Waals surface area contributed by atoms with Gasteiger partial charge in [0.2, 0.25) is 0 Å². The maximum Gasteiger partial charge on any atom is 0.341 e. The van der Waals surface area contributed by atoms with Crippen LogP contribution in [0.25, 0.3) is 0 Å². The van der Waals surface area contributed by atoms with Crippen molar-refractivity contribution in [1.82, 2.24) is 0 Å². The van der Waals surface area contributed by atoms with E-state index < -0.39 is 17.6 Å². The van der Waals surface area contributed by atoms with Crippen molar-refractivity contribution in [3.05, 3.63) is 59.7 Å². The van der Waals surface area contributed by atoms with Crippen LogP contribution >= 0.6 is 0 Å². The molecule has 0 aliphatic heterocycles. The molecule has 0 aromatic heterocycles. The highest BCUT2D eigenvalue weighted by molar-refractivity contribution is 5.92. The van der Waals surface area contributed by atoms with Crippen LogP contribution in [0.3, 0.4) is 0 Å². The van der Waals surface area contributed by atoms with Gasteiger partial charge in [0.05, 0.1) is 6.61 Å². The maximum atomic E-state index is 13.3. The zero-order valence-electron chi connectivity index (χ0n) is 10.7. The predicted molar refractivity (Wildman–Crippen MR) is 68.8 cm³/mol. The molecule has 0 saturated carbocycles. The first-order chi connectivity index (χ1) is 9.60. The minimum Gasteiger partial charge on any atom is -0.462 e. The number of carbonyl (C=O) groups excluding carboxylic acids is 1. The van der Waals surface area contributed by atoms with Gasteiger partial charge in [0.1, 0.15) is 28.7 Å². The third kappa shape index (κ3) is 3.32. The molecule has 0 aliphatic carbocycles. The molecule has 104 valence electrons. The number of halogens is 2. The topological polar surface area (TPSA) is 35.5 Å². The van der Waals surface area contributed by atoms with Gasteiger partial charge in [-0.2, -0.15) is 0 Å². The van der Waals surface area contributed by atoms with Gasteiger partial charge in [-0.25, -0.2) is 13.6 Å². The summed E-state index contributed by atoms with van der Waals surface area (Å²) in [5.41, 5.74) is 0.0810. The fraction of sp³-hybridized carbons (Fsp3) is 0.133. The summed E-state index contributed by atoms with van der Waals surface area (Å²) in [6.07, 6.45) is 0. The third-order valence-corrected chi connectivity index (χ3v) is 2.46. The lowest BCUT2D eigenvalue weighted by molar-refractivity contribution is 0.0523. The van der Waals surface area contributed by atoms with Gasteiger partial charge < -0.3 is 9.47 Å². The molecule has 0 aliphatic rings. The van der Waals surface area contributed by atoms with Crippen LogP contribution in [0.2, 0.25) is 0 Å². The Morgan fingerprint density at radius 3 is 2.55 bits per heavy atom. The molecule has 0 atom stereocenters. The second-order valence-electron chi connectivity index (χ2n) is 3.92. The first kappa shape index (κ1) is 14.0. The van der Waals surface area contributed by atoms with Crippen molar-refractivity contribution in [3.63, 3.8) is 0 Å². The molecule has 0 unspecified atom stereocenters. The minimum atomic E-state index is -0.626. The van der Waals surface area contributed by atoms with Crippen LogP contribution in [0.4, 0.5) is 8.78 Å². The van der Waals surface area contributed by atoms with Crippen molar-refractivity contribution in [3.8, 4) is 11.5 Å². The monoisotopic (exact) mass is 278 g/mol. The van der Waals surface area contributed by atoms with Gasteiger partial charge in [0, 0.05) is 12.1 Å². The largest absolute Gasteiger partial charge is 0.462 e. The Kier molecular flexibility index (Phi) is 4.30. The SMILES string of the molecule is CCOC(=O)c1ccc(F)cc1Oc1cccc(F)c1.